The van der Waals surface area contributed by atoms with Crippen LogP contribution >= 0.6 is 15.9 Å². The molecule has 0 aliphatic rings. The van der Waals surface area contributed by atoms with E-state index in [0.29, 0.717) is 17.9 Å². The maximum atomic E-state index is 10.6. The van der Waals surface area contributed by atoms with Crippen LogP contribution in [0, 0.1) is 0 Å². The molecule has 64 valence electrons. The van der Waals surface area contributed by atoms with Crippen LogP contribution < -0.4 is 4.74 Å². The molecule has 0 N–H and O–H groups in total. The molecule has 0 aliphatic heterocycles. The van der Waals surface area contributed by atoms with Crippen molar-refractivity contribution in [3.05, 3.63) is 28.2 Å². The van der Waals surface area contributed by atoms with Gasteiger partial charge in [-0.05, 0) is 35.0 Å². The maximum absolute atomic E-state index is 10.6. The van der Waals surface area contributed by atoms with Crippen LogP contribution in [0.15, 0.2) is 22.7 Å². The third-order valence-corrected chi connectivity index (χ3v) is 2.04. The van der Waals surface area contributed by atoms with Crippen molar-refractivity contribution in [2.24, 2.45) is 0 Å². The van der Waals surface area contributed by atoms with Gasteiger partial charge in [-0.25, -0.2) is 0 Å². The van der Waals surface area contributed by atoms with Crippen molar-refractivity contribution in [2.75, 3.05) is 6.61 Å². The molecule has 0 radical (unpaired) electrons. The third kappa shape index (κ3) is 1.85. The van der Waals surface area contributed by atoms with Crippen molar-refractivity contribution in [3.63, 3.8) is 0 Å². The highest BCUT2D eigenvalue weighted by atomic mass is 79.9. The molecule has 1 rings (SSSR count). The molecule has 0 saturated heterocycles. The molecule has 12 heavy (non-hydrogen) atoms. The highest BCUT2D eigenvalue weighted by Gasteiger charge is 2.05. The summed E-state index contributed by atoms with van der Waals surface area (Å²) in [6.07, 6.45) is 0.787. The van der Waals surface area contributed by atoms with Crippen LogP contribution in [0.25, 0.3) is 0 Å². The second-order valence-corrected chi connectivity index (χ2v) is 3.06. The SMILES string of the molecule is CCOc1c(Br)cccc1C=O. The van der Waals surface area contributed by atoms with Gasteiger partial charge in [-0.1, -0.05) is 6.07 Å². The molecule has 0 spiro atoms. The summed E-state index contributed by atoms with van der Waals surface area (Å²) in [7, 11) is 0. The van der Waals surface area contributed by atoms with E-state index in [-0.39, 0.29) is 0 Å². The van der Waals surface area contributed by atoms with Crippen LogP contribution in [0.5, 0.6) is 5.75 Å². The minimum absolute atomic E-state index is 0.559. The molecule has 0 fully saturated rings. The van der Waals surface area contributed by atoms with E-state index in [1.165, 1.54) is 0 Å². The Labute approximate surface area is 79.7 Å². The Hall–Kier alpha value is -0.830. The van der Waals surface area contributed by atoms with Gasteiger partial charge in [0.05, 0.1) is 16.6 Å². The van der Waals surface area contributed by atoms with Gasteiger partial charge < -0.3 is 4.74 Å². The van der Waals surface area contributed by atoms with Crippen molar-refractivity contribution in [1.29, 1.82) is 0 Å². The number of hydrogen-bond donors (Lipinski definition) is 0. The number of para-hydroxylation sites is 1. The first-order valence-electron chi connectivity index (χ1n) is 3.66. The minimum Gasteiger partial charge on any atom is -0.492 e. The van der Waals surface area contributed by atoms with E-state index < -0.39 is 0 Å². The molecule has 2 nitrogen and oxygen atoms in total. The summed E-state index contributed by atoms with van der Waals surface area (Å²) in [5.74, 6) is 0.620. The quantitative estimate of drug-likeness (QED) is 0.744. The van der Waals surface area contributed by atoms with Gasteiger partial charge in [0, 0.05) is 0 Å². The van der Waals surface area contributed by atoms with Crippen LogP contribution in [0.4, 0.5) is 0 Å². The lowest BCUT2D eigenvalue weighted by atomic mass is 10.2. The summed E-state index contributed by atoms with van der Waals surface area (Å²) in [6.45, 7) is 2.44. The van der Waals surface area contributed by atoms with E-state index in [9.17, 15) is 4.79 Å². The van der Waals surface area contributed by atoms with Gasteiger partial charge in [-0.2, -0.15) is 0 Å². The van der Waals surface area contributed by atoms with Crippen molar-refractivity contribution in [2.45, 2.75) is 6.92 Å². The van der Waals surface area contributed by atoms with Crippen LogP contribution in [0.2, 0.25) is 0 Å². The third-order valence-electron chi connectivity index (χ3n) is 1.41. The predicted molar refractivity (Wildman–Crippen MR) is 50.7 cm³/mol. The van der Waals surface area contributed by atoms with Crippen LogP contribution in [-0.2, 0) is 0 Å². The van der Waals surface area contributed by atoms with Gasteiger partial charge in [-0.15, -0.1) is 0 Å². The van der Waals surface area contributed by atoms with Crippen LogP contribution in [-0.4, -0.2) is 12.9 Å². The molecular weight excluding hydrogens is 220 g/mol. The number of halogens is 1. The Morgan fingerprint density at radius 1 is 1.58 bits per heavy atom. The zero-order chi connectivity index (χ0) is 8.97. The minimum atomic E-state index is 0.559. The molecule has 0 unspecified atom stereocenters. The van der Waals surface area contributed by atoms with E-state index in [1.807, 2.05) is 13.0 Å². The summed E-state index contributed by atoms with van der Waals surface area (Å²) in [5.41, 5.74) is 0.575. The van der Waals surface area contributed by atoms with E-state index >= 15 is 0 Å². The molecule has 0 heterocycles. The van der Waals surface area contributed by atoms with Gasteiger partial charge >= 0.3 is 0 Å². The highest BCUT2D eigenvalue weighted by molar-refractivity contribution is 9.10. The lowest BCUT2D eigenvalue weighted by Crippen LogP contribution is -1.96. The molecule has 0 atom stereocenters. The van der Waals surface area contributed by atoms with E-state index in [1.54, 1.807) is 12.1 Å². The molecule has 1 aromatic rings. The average molecular weight is 229 g/mol. The lowest BCUT2D eigenvalue weighted by Gasteiger charge is -2.07. The summed E-state index contributed by atoms with van der Waals surface area (Å²) in [5, 5.41) is 0. The normalized spacial score (nSPS) is 9.50. The Morgan fingerprint density at radius 2 is 2.33 bits per heavy atom. The van der Waals surface area contributed by atoms with Crippen LogP contribution in [0.3, 0.4) is 0 Å². The van der Waals surface area contributed by atoms with Gasteiger partial charge in [0.1, 0.15) is 5.75 Å². The fraction of sp³-hybridized carbons (Fsp3) is 0.222. The largest absolute Gasteiger partial charge is 0.492 e. The molecule has 0 aliphatic carbocycles. The Morgan fingerprint density at radius 3 is 2.92 bits per heavy atom. The molecule has 0 amide bonds. The van der Waals surface area contributed by atoms with E-state index in [0.717, 1.165) is 10.8 Å². The predicted octanol–water partition coefficient (Wildman–Crippen LogP) is 2.66. The standard InChI is InChI=1S/C9H9BrO2/c1-2-12-9-7(6-11)4-3-5-8(9)10/h3-6H,2H2,1H3. The van der Waals surface area contributed by atoms with E-state index in [2.05, 4.69) is 15.9 Å². The van der Waals surface area contributed by atoms with Crippen molar-refractivity contribution < 1.29 is 9.53 Å². The summed E-state index contributed by atoms with van der Waals surface area (Å²) >= 11 is 3.31. The number of benzene rings is 1. The number of carbonyl (C=O) groups is 1. The molecule has 1 aromatic carbocycles. The zero-order valence-electron chi connectivity index (χ0n) is 6.71. The van der Waals surface area contributed by atoms with Crippen molar-refractivity contribution >= 4 is 22.2 Å². The number of ether oxygens (including phenoxy) is 1. The smallest absolute Gasteiger partial charge is 0.153 e. The first-order chi connectivity index (χ1) is 5.79. The number of hydrogen-bond acceptors (Lipinski definition) is 2. The van der Waals surface area contributed by atoms with Crippen molar-refractivity contribution in [1.82, 2.24) is 0 Å². The first kappa shape index (κ1) is 9.26. The highest BCUT2D eigenvalue weighted by Crippen LogP contribution is 2.27. The second-order valence-electron chi connectivity index (χ2n) is 2.21. The monoisotopic (exact) mass is 228 g/mol. The van der Waals surface area contributed by atoms with Gasteiger partial charge in [0.25, 0.3) is 0 Å². The number of carbonyl (C=O) groups excluding carboxylic acids is 1. The molecule has 0 saturated carbocycles. The topological polar surface area (TPSA) is 26.3 Å². The summed E-state index contributed by atoms with van der Waals surface area (Å²) < 4.78 is 6.09. The Kier molecular flexibility index (Phi) is 3.29. The first-order valence-corrected chi connectivity index (χ1v) is 4.45. The Balaban J connectivity index is 3.10. The fourth-order valence-corrected chi connectivity index (χ4v) is 1.41. The maximum Gasteiger partial charge on any atom is 0.153 e. The average Bonchev–Trinajstić information content (AvgIpc) is 2.09. The molecule has 3 heteroatoms. The Bertz CT molecular complexity index is 284. The van der Waals surface area contributed by atoms with Crippen LogP contribution in [0.1, 0.15) is 17.3 Å². The van der Waals surface area contributed by atoms with Crippen molar-refractivity contribution in [3.8, 4) is 5.75 Å². The van der Waals surface area contributed by atoms with Gasteiger partial charge in [0.2, 0.25) is 0 Å². The fourth-order valence-electron chi connectivity index (χ4n) is 0.915. The van der Waals surface area contributed by atoms with Gasteiger partial charge in [-0.3, -0.25) is 4.79 Å². The zero-order valence-corrected chi connectivity index (χ0v) is 8.30. The second kappa shape index (κ2) is 4.26. The molecule has 0 bridgehead atoms. The van der Waals surface area contributed by atoms with E-state index in [4.69, 9.17) is 4.74 Å². The summed E-state index contributed by atoms with van der Waals surface area (Å²) in [4.78, 5) is 10.6. The summed E-state index contributed by atoms with van der Waals surface area (Å²) in [6, 6.07) is 5.37. The molecule has 0 aromatic heterocycles. The number of rotatable bonds is 3. The number of aldehydes is 1. The lowest BCUT2D eigenvalue weighted by molar-refractivity contribution is 0.111. The van der Waals surface area contributed by atoms with Gasteiger partial charge in [0.15, 0.2) is 6.29 Å². The molecular formula is C9H9BrO2.